The van der Waals surface area contributed by atoms with Crippen molar-refractivity contribution in [2.24, 2.45) is 23.7 Å². The van der Waals surface area contributed by atoms with Gasteiger partial charge < -0.3 is 5.11 Å². The van der Waals surface area contributed by atoms with E-state index in [1.165, 1.54) is 24.8 Å². The molecule has 1 heteroatoms. The molecule has 0 bridgehead atoms. The highest BCUT2D eigenvalue weighted by Crippen LogP contribution is 2.50. The topological polar surface area (TPSA) is 20.2 Å². The molecule has 1 nitrogen and oxygen atoms in total. The highest BCUT2D eigenvalue weighted by Gasteiger charge is 2.48. The third kappa shape index (κ3) is 1.84. The van der Waals surface area contributed by atoms with Crippen LogP contribution in [0, 0.1) is 23.7 Å². The van der Waals surface area contributed by atoms with Gasteiger partial charge in [-0.25, -0.2) is 0 Å². The molecule has 3 unspecified atom stereocenters. The van der Waals surface area contributed by atoms with Gasteiger partial charge in [-0.2, -0.15) is 0 Å². The maximum Gasteiger partial charge on any atom is 0.0735 e. The highest BCUT2D eigenvalue weighted by atomic mass is 16.3. The minimum atomic E-state index is -0.446. The van der Waals surface area contributed by atoms with Crippen LogP contribution in [0.1, 0.15) is 53.4 Å². The summed E-state index contributed by atoms with van der Waals surface area (Å²) in [5, 5.41) is 10.9. The number of hydrogen-bond acceptors (Lipinski definition) is 1. The lowest BCUT2D eigenvalue weighted by Crippen LogP contribution is -2.51. The molecule has 4 atom stereocenters. The molecular formula is C15H26O. The molecule has 0 aliphatic heterocycles. The molecule has 16 heavy (non-hydrogen) atoms. The highest BCUT2D eigenvalue weighted by molar-refractivity contribution is 5.15. The second-order valence-electron chi connectivity index (χ2n) is 6.40. The maximum absolute atomic E-state index is 10.9. The van der Waals surface area contributed by atoms with Crippen molar-refractivity contribution in [2.75, 3.05) is 0 Å². The summed E-state index contributed by atoms with van der Waals surface area (Å²) in [6.45, 7) is 8.93. The minimum absolute atomic E-state index is 0.370. The predicted molar refractivity (Wildman–Crippen MR) is 68.2 cm³/mol. The number of fused-ring (bicyclic) bond motifs is 1. The Hall–Kier alpha value is -0.300. The molecule has 0 spiro atoms. The normalized spacial score (nSPS) is 44.1. The van der Waals surface area contributed by atoms with Gasteiger partial charge >= 0.3 is 0 Å². The van der Waals surface area contributed by atoms with E-state index in [1.54, 1.807) is 0 Å². The number of aliphatic hydroxyl groups is 1. The molecule has 92 valence electrons. The third-order valence-electron chi connectivity index (χ3n) is 5.11. The fourth-order valence-electron chi connectivity index (χ4n) is 3.75. The SMILES string of the molecule is CC1=CC2C(CC1)C(C)CC[C@@]2(O)C(C)C. The van der Waals surface area contributed by atoms with E-state index < -0.39 is 5.60 Å². The fourth-order valence-corrected chi connectivity index (χ4v) is 3.75. The van der Waals surface area contributed by atoms with Crippen molar-refractivity contribution in [2.45, 2.75) is 59.0 Å². The molecule has 0 aromatic rings. The van der Waals surface area contributed by atoms with Crippen molar-refractivity contribution in [3.05, 3.63) is 11.6 Å². The number of hydrogen-bond donors (Lipinski definition) is 1. The zero-order valence-electron chi connectivity index (χ0n) is 11.2. The molecule has 2 aliphatic rings. The van der Waals surface area contributed by atoms with Crippen LogP contribution in [0.2, 0.25) is 0 Å². The van der Waals surface area contributed by atoms with E-state index in [0.717, 1.165) is 12.3 Å². The molecule has 1 N–H and O–H groups in total. The molecule has 0 saturated heterocycles. The Morgan fingerprint density at radius 3 is 2.69 bits per heavy atom. The third-order valence-corrected chi connectivity index (χ3v) is 5.11. The zero-order valence-corrected chi connectivity index (χ0v) is 11.2. The van der Waals surface area contributed by atoms with Crippen LogP contribution in [0.25, 0.3) is 0 Å². The van der Waals surface area contributed by atoms with Gasteiger partial charge in [0.1, 0.15) is 0 Å². The molecule has 1 saturated carbocycles. The van der Waals surface area contributed by atoms with Crippen LogP contribution in [-0.4, -0.2) is 10.7 Å². The lowest BCUT2D eigenvalue weighted by Gasteiger charge is -2.50. The molecule has 0 aromatic carbocycles. The van der Waals surface area contributed by atoms with Crippen molar-refractivity contribution in [3.8, 4) is 0 Å². The summed E-state index contributed by atoms with van der Waals surface area (Å²) in [7, 11) is 0. The molecular weight excluding hydrogens is 196 g/mol. The predicted octanol–water partition coefficient (Wildman–Crippen LogP) is 3.78. The molecule has 2 rings (SSSR count). The van der Waals surface area contributed by atoms with Gasteiger partial charge in [0.05, 0.1) is 5.60 Å². The maximum atomic E-state index is 10.9. The van der Waals surface area contributed by atoms with E-state index in [9.17, 15) is 5.11 Å². The standard InChI is InChI=1S/C15H26O/c1-10(2)15(16)8-7-12(4)13-6-5-11(3)9-14(13)15/h9-10,12-14,16H,5-8H2,1-4H3/t12?,13?,14?,15-/m1/s1. The van der Waals surface area contributed by atoms with Crippen molar-refractivity contribution in [1.29, 1.82) is 0 Å². The number of allylic oxidation sites excluding steroid dienone is 1. The first-order chi connectivity index (χ1) is 7.45. The van der Waals surface area contributed by atoms with Gasteiger partial charge in [0.2, 0.25) is 0 Å². The number of rotatable bonds is 1. The van der Waals surface area contributed by atoms with Gasteiger partial charge in [-0.05, 0) is 50.4 Å². The minimum Gasteiger partial charge on any atom is -0.389 e. The van der Waals surface area contributed by atoms with Crippen molar-refractivity contribution in [1.82, 2.24) is 0 Å². The summed E-state index contributed by atoms with van der Waals surface area (Å²) in [5.41, 5.74) is 1.04. The van der Waals surface area contributed by atoms with Crippen LogP contribution in [0.4, 0.5) is 0 Å². The summed E-state index contributed by atoms with van der Waals surface area (Å²) >= 11 is 0. The summed E-state index contributed by atoms with van der Waals surface area (Å²) in [5.74, 6) is 2.28. The summed E-state index contributed by atoms with van der Waals surface area (Å²) < 4.78 is 0. The first-order valence-electron chi connectivity index (χ1n) is 6.85. The first kappa shape index (κ1) is 12.2. The monoisotopic (exact) mass is 222 g/mol. The average molecular weight is 222 g/mol. The van der Waals surface area contributed by atoms with E-state index in [1.807, 2.05) is 0 Å². The van der Waals surface area contributed by atoms with Crippen LogP contribution < -0.4 is 0 Å². The van der Waals surface area contributed by atoms with Crippen LogP contribution in [0.3, 0.4) is 0 Å². The molecule has 0 radical (unpaired) electrons. The van der Waals surface area contributed by atoms with E-state index in [4.69, 9.17) is 0 Å². The Morgan fingerprint density at radius 2 is 2.06 bits per heavy atom. The summed E-state index contributed by atoms with van der Waals surface area (Å²) in [6.07, 6.45) is 7.08. The quantitative estimate of drug-likeness (QED) is 0.669. The van der Waals surface area contributed by atoms with E-state index >= 15 is 0 Å². The van der Waals surface area contributed by atoms with Gasteiger partial charge in [-0.15, -0.1) is 0 Å². The Bertz CT molecular complexity index is 292. The fraction of sp³-hybridized carbons (Fsp3) is 0.867. The molecule has 1 fully saturated rings. The lowest BCUT2D eigenvalue weighted by atomic mass is 9.58. The second kappa shape index (κ2) is 4.18. The summed E-state index contributed by atoms with van der Waals surface area (Å²) in [6, 6.07) is 0. The van der Waals surface area contributed by atoms with E-state index in [-0.39, 0.29) is 0 Å². The molecule has 2 aliphatic carbocycles. The Kier molecular flexibility index (Phi) is 3.18. The lowest BCUT2D eigenvalue weighted by molar-refractivity contribution is -0.107. The Morgan fingerprint density at radius 1 is 1.38 bits per heavy atom. The van der Waals surface area contributed by atoms with Gasteiger partial charge in [-0.1, -0.05) is 32.4 Å². The summed E-state index contributed by atoms with van der Waals surface area (Å²) in [4.78, 5) is 0. The van der Waals surface area contributed by atoms with Gasteiger partial charge in [0, 0.05) is 5.92 Å². The van der Waals surface area contributed by atoms with Gasteiger partial charge in [0.15, 0.2) is 0 Å². The largest absolute Gasteiger partial charge is 0.389 e. The Labute approximate surface area is 99.9 Å². The van der Waals surface area contributed by atoms with Crippen LogP contribution in [0.15, 0.2) is 11.6 Å². The van der Waals surface area contributed by atoms with Gasteiger partial charge in [-0.3, -0.25) is 0 Å². The zero-order chi connectivity index (χ0) is 11.9. The molecule has 0 aromatic heterocycles. The average Bonchev–Trinajstić information content (AvgIpc) is 2.23. The smallest absolute Gasteiger partial charge is 0.0735 e. The second-order valence-corrected chi connectivity index (χ2v) is 6.40. The van der Waals surface area contributed by atoms with E-state index in [0.29, 0.717) is 17.8 Å². The van der Waals surface area contributed by atoms with Crippen LogP contribution in [0.5, 0.6) is 0 Å². The van der Waals surface area contributed by atoms with Gasteiger partial charge in [0.25, 0.3) is 0 Å². The van der Waals surface area contributed by atoms with Crippen molar-refractivity contribution < 1.29 is 5.11 Å². The molecule has 0 amide bonds. The van der Waals surface area contributed by atoms with Crippen LogP contribution >= 0.6 is 0 Å². The first-order valence-corrected chi connectivity index (χ1v) is 6.85. The Balaban J connectivity index is 2.32. The molecule has 0 heterocycles. The van der Waals surface area contributed by atoms with Crippen molar-refractivity contribution >= 4 is 0 Å². The van der Waals surface area contributed by atoms with E-state index in [2.05, 4.69) is 33.8 Å². The van der Waals surface area contributed by atoms with Crippen molar-refractivity contribution in [3.63, 3.8) is 0 Å². The van der Waals surface area contributed by atoms with Crippen LogP contribution in [-0.2, 0) is 0 Å².